The predicted molar refractivity (Wildman–Crippen MR) is 197 cm³/mol. The van der Waals surface area contributed by atoms with Gasteiger partial charge in [-0.25, -0.2) is 0 Å². The quantitative estimate of drug-likeness (QED) is 0.0458. The Labute approximate surface area is 303 Å². The zero-order chi connectivity index (χ0) is 35.3. The van der Waals surface area contributed by atoms with Crippen LogP contribution in [0.4, 0.5) is 0 Å². The molecular weight excluding hydrogens is 648 g/mol. The van der Waals surface area contributed by atoms with Gasteiger partial charge in [0.05, 0.1) is 112 Å². The van der Waals surface area contributed by atoms with E-state index in [1.54, 1.807) is 0 Å². The highest BCUT2D eigenvalue weighted by atomic mass is 16.6. The van der Waals surface area contributed by atoms with Gasteiger partial charge in [0.15, 0.2) is 0 Å². The molecule has 0 N–H and O–H groups in total. The van der Waals surface area contributed by atoms with Crippen molar-refractivity contribution in [1.29, 1.82) is 0 Å². The SMILES string of the molecule is c1ccc(COCCOCCOCCOCCOCCOCCOCCOCCOC(c2ccccc2)(c2ccccc2)c2ccccc2)cc1. The van der Waals surface area contributed by atoms with Crippen molar-refractivity contribution >= 4 is 0 Å². The first-order valence-electron chi connectivity index (χ1n) is 17.9. The summed E-state index contributed by atoms with van der Waals surface area (Å²) in [6.07, 6.45) is 0. The molecule has 9 nitrogen and oxygen atoms in total. The molecule has 0 aromatic heterocycles. The summed E-state index contributed by atoms with van der Waals surface area (Å²) < 4.78 is 51.5. The maximum Gasteiger partial charge on any atom is 0.143 e. The molecule has 0 saturated carbocycles. The van der Waals surface area contributed by atoms with E-state index < -0.39 is 5.60 Å². The van der Waals surface area contributed by atoms with Gasteiger partial charge in [-0.2, -0.15) is 0 Å². The molecule has 0 heterocycles. The van der Waals surface area contributed by atoms with Gasteiger partial charge in [0.25, 0.3) is 0 Å². The van der Waals surface area contributed by atoms with Crippen LogP contribution in [0.15, 0.2) is 121 Å². The van der Waals surface area contributed by atoms with E-state index in [0.29, 0.717) is 112 Å². The molecule has 0 radical (unpaired) electrons. The molecule has 0 aliphatic rings. The lowest BCUT2D eigenvalue weighted by Gasteiger charge is -2.36. The minimum Gasteiger partial charge on any atom is -0.377 e. The summed E-state index contributed by atoms with van der Waals surface area (Å²) in [6, 6.07) is 41.1. The van der Waals surface area contributed by atoms with Crippen molar-refractivity contribution in [2.24, 2.45) is 0 Å². The average molecular weight is 703 g/mol. The lowest BCUT2D eigenvalue weighted by atomic mass is 9.80. The Kier molecular flexibility index (Phi) is 20.8. The van der Waals surface area contributed by atoms with Gasteiger partial charge in [-0.05, 0) is 22.3 Å². The Bertz CT molecular complexity index is 1260. The summed E-state index contributed by atoms with van der Waals surface area (Å²) in [5.41, 5.74) is 3.62. The van der Waals surface area contributed by atoms with E-state index in [9.17, 15) is 0 Å². The summed E-state index contributed by atoms with van der Waals surface area (Å²) in [6.45, 7) is 8.67. The van der Waals surface area contributed by atoms with Crippen LogP contribution >= 0.6 is 0 Å². The molecule has 276 valence electrons. The molecule has 4 aromatic rings. The van der Waals surface area contributed by atoms with Gasteiger partial charge in [0.2, 0.25) is 0 Å². The summed E-state index contributed by atoms with van der Waals surface area (Å²) in [5.74, 6) is 0. The second kappa shape index (κ2) is 26.3. The molecule has 4 aromatic carbocycles. The van der Waals surface area contributed by atoms with Gasteiger partial charge in [-0.3, -0.25) is 0 Å². The van der Waals surface area contributed by atoms with Gasteiger partial charge in [0, 0.05) is 0 Å². The van der Waals surface area contributed by atoms with E-state index in [-0.39, 0.29) is 0 Å². The van der Waals surface area contributed by atoms with E-state index in [2.05, 4.69) is 36.4 Å². The van der Waals surface area contributed by atoms with Crippen LogP contribution in [0.5, 0.6) is 0 Å². The molecule has 4 rings (SSSR count). The van der Waals surface area contributed by atoms with E-state index in [1.807, 2.05) is 84.9 Å². The van der Waals surface area contributed by atoms with Crippen molar-refractivity contribution in [2.45, 2.75) is 12.2 Å². The largest absolute Gasteiger partial charge is 0.377 e. The van der Waals surface area contributed by atoms with Crippen LogP contribution in [-0.4, -0.2) is 106 Å². The number of hydrogen-bond donors (Lipinski definition) is 0. The number of rotatable bonds is 30. The van der Waals surface area contributed by atoms with Crippen LogP contribution in [0.3, 0.4) is 0 Å². The molecule has 9 heteroatoms. The van der Waals surface area contributed by atoms with Crippen molar-refractivity contribution < 1.29 is 42.6 Å². The lowest BCUT2D eigenvalue weighted by Crippen LogP contribution is -2.34. The Morgan fingerprint density at radius 2 is 0.529 bits per heavy atom. The van der Waals surface area contributed by atoms with Crippen molar-refractivity contribution in [3.63, 3.8) is 0 Å². The highest BCUT2D eigenvalue weighted by molar-refractivity contribution is 5.47. The summed E-state index contributed by atoms with van der Waals surface area (Å²) >= 11 is 0. The standard InChI is InChI=1S/C42H54O9/c1-5-13-38(14-6-1)37-50-34-33-48-30-29-46-26-25-44-22-21-43-23-24-45-27-28-47-31-32-49-35-36-51-42(39-15-7-2-8-16-39,40-17-9-3-10-18-40)41-19-11-4-12-20-41/h1-20H,21-37H2. The molecule has 0 atom stereocenters. The van der Waals surface area contributed by atoms with Gasteiger partial charge in [-0.15, -0.1) is 0 Å². The van der Waals surface area contributed by atoms with Crippen molar-refractivity contribution in [3.8, 4) is 0 Å². The highest BCUT2D eigenvalue weighted by Crippen LogP contribution is 2.40. The summed E-state index contributed by atoms with van der Waals surface area (Å²) in [5, 5.41) is 0. The third-order valence-corrected chi connectivity index (χ3v) is 7.80. The second-order valence-corrected chi connectivity index (χ2v) is 11.5. The highest BCUT2D eigenvalue weighted by Gasteiger charge is 2.37. The Morgan fingerprint density at radius 3 is 0.843 bits per heavy atom. The van der Waals surface area contributed by atoms with Crippen molar-refractivity contribution in [1.82, 2.24) is 0 Å². The monoisotopic (exact) mass is 702 g/mol. The predicted octanol–water partition coefficient (Wildman–Crippen LogP) is 6.33. The molecule has 0 fully saturated rings. The first-order valence-corrected chi connectivity index (χ1v) is 17.9. The van der Waals surface area contributed by atoms with E-state index in [1.165, 1.54) is 0 Å². The van der Waals surface area contributed by atoms with Crippen LogP contribution in [-0.2, 0) is 54.8 Å². The molecule has 0 aliphatic carbocycles. The molecule has 0 unspecified atom stereocenters. The maximum absolute atomic E-state index is 6.73. The van der Waals surface area contributed by atoms with Crippen LogP contribution in [0.2, 0.25) is 0 Å². The average Bonchev–Trinajstić information content (AvgIpc) is 3.19. The van der Waals surface area contributed by atoms with Crippen LogP contribution in [0.25, 0.3) is 0 Å². The van der Waals surface area contributed by atoms with Crippen molar-refractivity contribution in [3.05, 3.63) is 144 Å². The van der Waals surface area contributed by atoms with E-state index in [0.717, 1.165) is 22.3 Å². The number of benzene rings is 4. The second-order valence-electron chi connectivity index (χ2n) is 11.5. The van der Waals surface area contributed by atoms with Gasteiger partial charge >= 0.3 is 0 Å². The third kappa shape index (κ3) is 15.7. The van der Waals surface area contributed by atoms with Crippen LogP contribution < -0.4 is 0 Å². The molecule has 0 spiro atoms. The topological polar surface area (TPSA) is 83.1 Å². The third-order valence-electron chi connectivity index (χ3n) is 7.80. The maximum atomic E-state index is 6.73. The fourth-order valence-corrected chi connectivity index (χ4v) is 5.33. The Hall–Kier alpha value is -3.48. The fraction of sp³-hybridized carbons (Fsp3) is 0.429. The minimum absolute atomic E-state index is 0.420. The lowest BCUT2D eigenvalue weighted by molar-refractivity contribution is -0.0398. The van der Waals surface area contributed by atoms with Crippen molar-refractivity contribution in [2.75, 3.05) is 106 Å². The van der Waals surface area contributed by atoms with Crippen LogP contribution in [0, 0.1) is 0 Å². The fourth-order valence-electron chi connectivity index (χ4n) is 5.33. The smallest absolute Gasteiger partial charge is 0.143 e. The Morgan fingerprint density at radius 1 is 0.275 bits per heavy atom. The molecule has 0 saturated heterocycles. The Balaban J connectivity index is 0.923. The zero-order valence-electron chi connectivity index (χ0n) is 29.7. The van der Waals surface area contributed by atoms with Crippen LogP contribution in [0.1, 0.15) is 22.3 Å². The summed E-state index contributed by atoms with van der Waals surface area (Å²) in [4.78, 5) is 0. The molecule has 51 heavy (non-hydrogen) atoms. The van der Waals surface area contributed by atoms with E-state index >= 15 is 0 Å². The first-order chi connectivity index (χ1) is 25.4. The van der Waals surface area contributed by atoms with Gasteiger partial charge < -0.3 is 42.6 Å². The first kappa shape index (κ1) is 40.3. The molecule has 0 amide bonds. The minimum atomic E-state index is -0.747. The molecular formula is C42H54O9. The van der Waals surface area contributed by atoms with Gasteiger partial charge in [-0.1, -0.05) is 121 Å². The number of ether oxygens (including phenoxy) is 9. The van der Waals surface area contributed by atoms with E-state index in [4.69, 9.17) is 42.6 Å². The number of hydrogen-bond acceptors (Lipinski definition) is 9. The zero-order valence-corrected chi connectivity index (χ0v) is 29.7. The summed E-state index contributed by atoms with van der Waals surface area (Å²) in [7, 11) is 0. The molecule has 0 aliphatic heterocycles. The normalized spacial score (nSPS) is 11.6. The van der Waals surface area contributed by atoms with Gasteiger partial charge in [0.1, 0.15) is 5.60 Å². The molecule has 0 bridgehead atoms.